The van der Waals surface area contributed by atoms with Crippen LogP contribution in [0.3, 0.4) is 0 Å². The Balaban J connectivity index is 1.71. The number of anilines is 1. The van der Waals surface area contributed by atoms with Crippen LogP contribution < -0.4 is 10.6 Å². The molecule has 0 saturated carbocycles. The number of amides is 2. The fraction of sp³-hybridized carbons (Fsp3) is 0.571. The summed E-state index contributed by atoms with van der Waals surface area (Å²) >= 11 is 0. The molecular weight excluding hydrogens is 259 g/mol. The third-order valence-corrected chi connectivity index (χ3v) is 3.71. The molecule has 2 amide bonds. The summed E-state index contributed by atoms with van der Waals surface area (Å²) in [5.74, 6) is -0.0855. The molecule has 0 bridgehead atoms. The number of carbonyl (C=O) groups is 1. The van der Waals surface area contributed by atoms with E-state index < -0.39 is 5.82 Å². The predicted octanol–water partition coefficient (Wildman–Crippen LogP) is 2.22. The minimum absolute atomic E-state index is 0.219. The molecule has 0 radical (unpaired) electrons. The highest BCUT2D eigenvalue weighted by Crippen LogP contribution is 2.27. The van der Waals surface area contributed by atoms with Crippen molar-refractivity contribution in [2.45, 2.75) is 32.2 Å². The van der Waals surface area contributed by atoms with Gasteiger partial charge >= 0.3 is 6.03 Å². The number of hydrogen-bond acceptors (Lipinski definition) is 3. The van der Waals surface area contributed by atoms with Crippen LogP contribution in [0.4, 0.5) is 15.0 Å². The molecule has 6 heteroatoms. The van der Waals surface area contributed by atoms with Gasteiger partial charge in [0.2, 0.25) is 0 Å². The van der Waals surface area contributed by atoms with E-state index in [-0.39, 0.29) is 11.6 Å². The van der Waals surface area contributed by atoms with Crippen molar-refractivity contribution in [3.63, 3.8) is 0 Å². The van der Waals surface area contributed by atoms with E-state index in [1.807, 2.05) is 0 Å². The fourth-order valence-corrected chi connectivity index (χ4v) is 2.49. The molecule has 0 aromatic carbocycles. The topological polar surface area (TPSA) is 57.3 Å². The quantitative estimate of drug-likeness (QED) is 0.889. The summed E-state index contributed by atoms with van der Waals surface area (Å²) in [6.45, 7) is 6.94. The van der Waals surface area contributed by atoms with E-state index in [2.05, 4.69) is 34.4 Å². The second kappa shape index (κ2) is 6.17. The SMILES string of the molecule is CC1(C)CCCN1CCNC(=O)Nc1ccc(F)cn1. The summed E-state index contributed by atoms with van der Waals surface area (Å²) < 4.78 is 12.7. The number of pyridine rings is 1. The molecule has 20 heavy (non-hydrogen) atoms. The maximum atomic E-state index is 12.7. The van der Waals surface area contributed by atoms with Gasteiger partial charge in [0.05, 0.1) is 6.20 Å². The number of aromatic nitrogens is 1. The summed E-state index contributed by atoms with van der Waals surface area (Å²) in [7, 11) is 0. The molecular formula is C14H21FN4O. The number of likely N-dealkylation sites (tertiary alicyclic amines) is 1. The number of rotatable bonds is 4. The monoisotopic (exact) mass is 280 g/mol. The number of halogens is 1. The van der Waals surface area contributed by atoms with Gasteiger partial charge in [-0.05, 0) is 45.4 Å². The lowest BCUT2D eigenvalue weighted by Crippen LogP contribution is -2.43. The fourth-order valence-electron chi connectivity index (χ4n) is 2.49. The third kappa shape index (κ3) is 3.90. The van der Waals surface area contributed by atoms with Crippen molar-refractivity contribution in [3.8, 4) is 0 Å². The molecule has 110 valence electrons. The first-order valence-electron chi connectivity index (χ1n) is 6.89. The minimum atomic E-state index is -0.424. The first kappa shape index (κ1) is 14.7. The average Bonchev–Trinajstić information content (AvgIpc) is 2.72. The molecule has 1 aliphatic rings. The zero-order valence-corrected chi connectivity index (χ0v) is 11.9. The number of nitrogens with zero attached hydrogens (tertiary/aromatic N) is 2. The Morgan fingerprint density at radius 3 is 2.90 bits per heavy atom. The molecule has 1 aromatic rings. The predicted molar refractivity (Wildman–Crippen MR) is 76.1 cm³/mol. The maximum absolute atomic E-state index is 12.7. The van der Waals surface area contributed by atoms with Crippen molar-refractivity contribution >= 4 is 11.8 Å². The van der Waals surface area contributed by atoms with Crippen LogP contribution in [0.25, 0.3) is 0 Å². The van der Waals surface area contributed by atoms with E-state index >= 15 is 0 Å². The van der Waals surface area contributed by atoms with Crippen molar-refractivity contribution in [2.24, 2.45) is 0 Å². The van der Waals surface area contributed by atoms with Crippen LogP contribution in [0.2, 0.25) is 0 Å². The lowest BCUT2D eigenvalue weighted by Gasteiger charge is -2.31. The van der Waals surface area contributed by atoms with E-state index in [0.29, 0.717) is 12.4 Å². The molecule has 2 N–H and O–H groups in total. The highest BCUT2D eigenvalue weighted by atomic mass is 19.1. The average molecular weight is 280 g/mol. The molecule has 0 unspecified atom stereocenters. The van der Waals surface area contributed by atoms with E-state index in [1.165, 1.54) is 25.0 Å². The van der Waals surface area contributed by atoms with Gasteiger partial charge in [0.25, 0.3) is 0 Å². The molecule has 1 fully saturated rings. The van der Waals surface area contributed by atoms with E-state index in [1.54, 1.807) is 0 Å². The molecule has 5 nitrogen and oxygen atoms in total. The smallest absolute Gasteiger partial charge is 0.320 e. The van der Waals surface area contributed by atoms with Gasteiger partial charge in [-0.3, -0.25) is 10.2 Å². The lowest BCUT2D eigenvalue weighted by atomic mass is 10.0. The molecule has 1 aromatic heterocycles. The number of urea groups is 1. The van der Waals surface area contributed by atoms with Crippen LogP contribution in [0.1, 0.15) is 26.7 Å². The van der Waals surface area contributed by atoms with Gasteiger partial charge in [-0.15, -0.1) is 0 Å². The molecule has 1 saturated heterocycles. The van der Waals surface area contributed by atoms with Crippen molar-refractivity contribution < 1.29 is 9.18 Å². The van der Waals surface area contributed by atoms with Gasteiger partial charge in [0, 0.05) is 18.6 Å². The highest BCUT2D eigenvalue weighted by Gasteiger charge is 2.31. The van der Waals surface area contributed by atoms with E-state index in [0.717, 1.165) is 19.3 Å². The largest absolute Gasteiger partial charge is 0.337 e. The lowest BCUT2D eigenvalue weighted by molar-refractivity contribution is 0.176. The zero-order valence-electron chi connectivity index (χ0n) is 11.9. The number of carbonyl (C=O) groups excluding carboxylic acids is 1. The Morgan fingerprint density at radius 1 is 1.50 bits per heavy atom. The van der Waals surface area contributed by atoms with Crippen LogP contribution in [-0.4, -0.2) is 41.1 Å². The van der Waals surface area contributed by atoms with Gasteiger partial charge in [0.1, 0.15) is 11.6 Å². The Hall–Kier alpha value is -1.69. The van der Waals surface area contributed by atoms with Crippen LogP contribution in [0.15, 0.2) is 18.3 Å². The second-order valence-electron chi connectivity index (χ2n) is 5.65. The van der Waals surface area contributed by atoms with Crippen LogP contribution in [0, 0.1) is 5.82 Å². The molecule has 0 atom stereocenters. The van der Waals surface area contributed by atoms with Gasteiger partial charge in [-0.1, -0.05) is 0 Å². The summed E-state index contributed by atoms with van der Waals surface area (Å²) in [5, 5.41) is 5.35. The number of hydrogen-bond donors (Lipinski definition) is 2. The van der Waals surface area contributed by atoms with Crippen molar-refractivity contribution in [1.29, 1.82) is 0 Å². The molecule has 2 rings (SSSR count). The second-order valence-corrected chi connectivity index (χ2v) is 5.65. The van der Waals surface area contributed by atoms with Crippen molar-refractivity contribution in [1.82, 2.24) is 15.2 Å². The Labute approximate surface area is 118 Å². The Bertz CT molecular complexity index is 461. The summed E-state index contributed by atoms with van der Waals surface area (Å²) in [4.78, 5) is 17.8. The molecule has 0 spiro atoms. The van der Waals surface area contributed by atoms with E-state index in [4.69, 9.17) is 0 Å². The van der Waals surface area contributed by atoms with Crippen LogP contribution >= 0.6 is 0 Å². The Morgan fingerprint density at radius 2 is 2.30 bits per heavy atom. The number of nitrogens with one attached hydrogen (secondary N) is 2. The van der Waals surface area contributed by atoms with Gasteiger partial charge in [-0.2, -0.15) is 0 Å². The molecule has 1 aliphatic heterocycles. The first-order valence-corrected chi connectivity index (χ1v) is 6.89. The first-order chi connectivity index (χ1) is 9.47. The van der Waals surface area contributed by atoms with Crippen LogP contribution in [0.5, 0.6) is 0 Å². The maximum Gasteiger partial charge on any atom is 0.320 e. The van der Waals surface area contributed by atoms with E-state index in [9.17, 15) is 9.18 Å². The Kier molecular flexibility index (Phi) is 4.54. The van der Waals surface area contributed by atoms with Crippen molar-refractivity contribution in [3.05, 3.63) is 24.1 Å². The molecule has 2 heterocycles. The molecule has 0 aliphatic carbocycles. The van der Waals surface area contributed by atoms with Gasteiger partial charge < -0.3 is 5.32 Å². The summed E-state index contributed by atoms with van der Waals surface area (Å²) in [6, 6.07) is 2.37. The highest BCUT2D eigenvalue weighted by molar-refractivity contribution is 5.88. The standard InChI is InChI=1S/C14H21FN4O/c1-14(2)6-3-8-19(14)9-7-16-13(20)18-12-5-4-11(15)10-17-12/h4-5,10H,3,6-9H2,1-2H3,(H2,16,17,18,20). The zero-order chi connectivity index (χ0) is 14.6. The summed E-state index contributed by atoms with van der Waals surface area (Å²) in [6.07, 6.45) is 3.47. The van der Waals surface area contributed by atoms with Gasteiger partial charge in [-0.25, -0.2) is 14.2 Å². The van der Waals surface area contributed by atoms with Gasteiger partial charge in [0.15, 0.2) is 0 Å². The van der Waals surface area contributed by atoms with Crippen molar-refractivity contribution in [2.75, 3.05) is 25.0 Å². The normalized spacial score (nSPS) is 17.9. The minimum Gasteiger partial charge on any atom is -0.337 e. The third-order valence-electron chi connectivity index (χ3n) is 3.71. The van der Waals surface area contributed by atoms with Crippen LogP contribution in [-0.2, 0) is 0 Å². The summed E-state index contributed by atoms with van der Waals surface area (Å²) in [5.41, 5.74) is 0.219.